The Bertz CT molecular complexity index is 320. The fraction of sp³-hybridized carbons (Fsp3) is 0.375. The van der Waals surface area contributed by atoms with Crippen molar-refractivity contribution < 1.29 is 29.4 Å². The SMILES string of the molecule is CC(=O)C(C(=O)O)C(C(=O)O)C(=O)C=N. The number of carbonyl (C=O) groups is 4. The fourth-order valence-electron chi connectivity index (χ4n) is 1.07. The molecule has 0 saturated carbocycles. The predicted molar refractivity (Wildman–Crippen MR) is 46.7 cm³/mol. The number of hydrogen-bond acceptors (Lipinski definition) is 5. The second kappa shape index (κ2) is 4.99. The predicted octanol–water partition coefficient (Wildman–Crippen LogP) is -0.804. The van der Waals surface area contributed by atoms with E-state index in [0.29, 0.717) is 0 Å². The molecule has 7 heteroatoms. The molecule has 0 radical (unpaired) electrons. The molecule has 0 amide bonds. The van der Waals surface area contributed by atoms with Crippen LogP contribution in [-0.4, -0.2) is 39.9 Å². The van der Waals surface area contributed by atoms with Crippen molar-refractivity contribution in [3.05, 3.63) is 0 Å². The maximum Gasteiger partial charge on any atom is 0.315 e. The lowest BCUT2D eigenvalue weighted by atomic mass is 9.86. The zero-order valence-electron chi connectivity index (χ0n) is 7.76. The van der Waals surface area contributed by atoms with E-state index in [9.17, 15) is 19.2 Å². The molecule has 2 unspecified atom stereocenters. The molecule has 7 nitrogen and oxygen atoms in total. The smallest absolute Gasteiger partial charge is 0.315 e. The van der Waals surface area contributed by atoms with E-state index in [1.165, 1.54) is 0 Å². The normalized spacial score (nSPS) is 13.7. The first-order valence-corrected chi connectivity index (χ1v) is 3.83. The molecule has 82 valence electrons. The van der Waals surface area contributed by atoms with Gasteiger partial charge in [0.25, 0.3) is 0 Å². The minimum atomic E-state index is -2.03. The van der Waals surface area contributed by atoms with Crippen LogP contribution in [0.5, 0.6) is 0 Å². The van der Waals surface area contributed by atoms with Crippen LogP contribution in [0.4, 0.5) is 0 Å². The molecule has 3 N–H and O–H groups in total. The van der Waals surface area contributed by atoms with E-state index >= 15 is 0 Å². The van der Waals surface area contributed by atoms with Crippen molar-refractivity contribution in [2.75, 3.05) is 0 Å². The Balaban J connectivity index is 5.28. The standard InChI is InChI=1S/C8H9NO6/c1-3(10)5(7(12)13)6(8(14)15)4(11)2-9/h2,5-6,9H,1H3,(H,12,13)(H,14,15). The molecule has 0 spiro atoms. The van der Waals surface area contributed by atoms with Gasteiger partial charge in [-0.05, 0) is 6.92 Å². The van der Waals surface area contributed by atoms with Crippen LogP contribution < -0.4 is 0 Å². The molecule has 15 heavy (non-hydrogen) atoms. The molecule has 2 atom stereocenters. The van der Waals surface area contributed by atoms with Crippen LogP contribution in [-0.2, 0) is 19.2 Å². The Morgan fingerprint density at radius 3 is 1.67 bits per heavy atom. The average Bonchev–Trinajstić information content (AvgIpc) is 2.10. The van der Waals surface area contributed by atoms with Crippen molar-refractivity contribution >= 4 is 29.7 Å². The summed E-state index contributed by atoms with van der Waals surface area (Å²) in [6.07, 6.45) is 0.192. The zero-order valence-corrected chi connectivity index (χ0v) is 7.76. The molecule has 0 aliphatic rings. The number of hydrogen-bond donors (Lipinski definition) is 3. The maximum atomic E-state index is 11.0. The van der Waals surface area contributed by atoms with E-state index < -0.39 is 35.3 Å². The van der Waals surface area contributed by atoms with E-state index in [0.717, 1.165) is 6.92 Å². The van der Waals surface area contributed by atoms with Gasteiger partial charge >= 0.3 is 11.9 Å². The molecule has 0 aromatic carbocycles. The third-order valence-electron chi connectivity index (χ3n) is 1.75. The Kier molecular flexibility index (Phi) is 4.31. The second-order valence-corrected chi connectivity index (χ2v) is 2.79. The topological polar surface area (TPSA) is 133 Å². The number of Topliss-reactive ketones (excluding diaryl/α,β-unsaturated/α-hetero) is 2. The first-order chi connectivity index (χ1) is 6.82. The Morgan fingerprint density at radius 2 is 1.47 bits per heavy atom. The van der Waals surface area contributed by atoms with Gasteiger partial charge in [0.15, 0.2) is 5.78 Å². The van der Waals surface area contributed by atoms with E-state index in [-0.39, 0.29) is 6.21 Å². The number of ketones is 2. The van der Waals surface area contributed by atoms with Gasteiger partial charge < -0.3 is 15.6 Å². The maximum absolute atomic E-state index is 11.0. The van der Waals surface area contributed by atoms with E-state index in [4.69, 9.17) is 15.6 Å². The molecule has 0 rings (SSSR count). The van der Waals surface area contributed by atoms with Crippen LogP contribution in [0.25, 0.3) is 0 Å². The fourth-order valence-corrected chi connectivity index (χ4v) is 1.07. The first-order valence-electron chi connectivity index (χ1n) is 3.83. The molecule has 0 bridgehead atoms. The highest BCUT2D eigenvalue weighted by Gasteiger charge is 2.41. The van der Waals surface area contributed by atoms with Gasteiger partial charge in [0.05, 0.1) is 6.21 Å². The summed E-state index contributed by atoms with van der Waals surface area (Å²) in [7, 11) is 0. The minimum absolute atomic E-state index is 0.192. The van der Waals surface area contributed by atoms with Crippen LogP contribution in [0.2, 0.25) is 0 Å². The van der Waals surface area contributed by atoms with Gasteiger partial charge in [-0.1, -0.05) is 0 Å². The van der Waals surface area contributed by atoms with Gasteiger partial charge in [-0.2, -0.15) is 0 Å². The molecule has 0 heterocycles. The molecular formula is C8H9NO6. The highest BCUT2D eigenvalue weighted by Crippen LogP contribution is 2.15. The first kappa shape index (κ1) is 12.9. The van der Waals surface area contributed by atoms with Crippen molar-refractivity contribution in [1.82, 2.24) is 0 Å². The Labute approximate surface area is 84.2 Å². The van der Waals surface area contributed by atoms with Gasteiger partial charge in [-0.25, -0.2) is 0 Å². The van der Waals surface area contributed by atoms with Gasteiger partial charge in [0.1, 0.15) is 17.6 Å². The van der Waals surface area contributed by atoms with Gasteiger partial charge in [0.2, 0.25) is 0 Å². The number of aliphatic carboxylic acids is 2. The van der Waals surface area contributed by atoms with Crippen LogP contribution in [0, 0.1) is 17.2 Å². The summed E-state index contributed by atoms with van der Waals surface area (Å²) in [5, 5.41) is 23.8. The zero-order chi connectivity index (χ0) is 12.2. The highest BCUT2D eigenvalue weighted by atomic mass is 16.4. The molecule has 0 saturated heterocycles. The number of carbonyl (C=O) groups excluding carboxylic acids is 2. The largest absolute Gasteiger partial charge is 0.481 e. The third-order valence-corrected chi connectivity index (χ3v) is 1.75. The van der Waals surface area contributed by atoms with Crippen molar-refractivity contribution in [2.24, 2.45) is 11.8 Å². The third kappa shape index (κ3) is 2.97. The Hall–Kier alpha value is -2.05. The van der Waals surface area contributed by atoms with Crippen LogP contribution >= 0.6 is 0 Å². The van der Waals surface area contributed by atoms with Crippen LogP contribution in [0.1, 0.15) is 6.92 Å². The van der Waals surface area contributed by atoms with Crippen LogP contribution in [0.15, 0.2) is 0 Å². The number of carboxylic acid groups (broad SMARTS) is 2. The number of rotatable bonds is 6. The quantitative estimate of drug-likeness (QED) is 0.392. The molecule has 0 aliphatic carbocycles. The van der Waals surface area contributed by atoms with Crippen molar-refractivity contribution in [3.8, 4) is 0 Å². The van der Waals surface area contributed by atoms with Crippen LogP contribution in [0.3, 0.4) is 0 Å². The minimum Gasteiger partial charge on any atom is -0.481 e. The molecule has 0 fully saturated rings. The molecular weight excluding hydrogens is 206 g/mol. The number of nitrogens with one attached hydrogen (secondary N) is 1. The lowest BCUT2D eigenvalue weighted by Crippen LogP contribution is -2.40. The van der Waals surface area contributed by atoms with E-state index in [2.05, 4.69) is 0 Å². The molecule has 0 aromatic rings. The molecule has 0 aromatic heterocycles. The summed E-state index contributed by atoms with van der Waals surface area (Å²) < 4.78 is 0. The van der Waals surface area contributed by atoms with E-state index in [1.807, 2.05) is 0 Å². The Morgan fingerprint density at radius 1 is 1.07 bits per heavy atom. The average molecular weight is 215 g/mol. The van der Waals surface area contributed by atoms with Crippen molar-refractivity contribution in [3.63, 3.8) is 0 Å². The van der Waals surface area contributed by atoms with Gasteiger partial charge in [-0.15, -0.1) is 0 Å². The number of carboxylic acids is 2. The monoisotopic (exact) mass is 215 g/mol. The lowest BCUT2D eigenvalue weighted by Gasteiger charge is -2.14. The van der Waals surface area contributed by atoms with Gasteiger partial charge in [0, 0.05) is 0 Å². The summed E-state index contributed by atoms with van der Waals surface area (Å²) >= 11 is 0. The second-order valence-electron chi connectivity index (χ2n) is 2.79. The lowest BCUT2D eigenvalue weighted by molar-refractivity contribution is -0.159. The summed E-state index contributed by atoms with van der Waals surface area (Å²) in [6.45, 7) is 0.881. The summed E-state index contributed by atoms with van der Waals surface area (Å²) in [6, 6.07) is 0. The summed E-state index contributed by atoms with van der Waals surface area (Å²) in [5.41, 5.74) is 0. The summed E-state index contributed by atoms with van der Waals surface area (Å²) in [5.74, 6) is -9.56. The van der Waals surface area contributed by atoms with Crippen molar-refractivity contribution in [1.29, 1.82) is 5.41 Å². The highest BCUT2D eigenvalue weighted by molar-refractivity contribution is 6.33. The van der Waals surface area contributed by atoms with Gasteiger partial charge in [-0.3, -0.25) is 19.2 Å². The van der Waals surface area contributed by atoms with E-state index in [1.54, 1.807) is 0 Å². The van der Waals surface area contributed by atoms with Crippen molar-refractivity contribution in [2.45, 2.75) is 6.92 Å². The molecule has 0 aliphatic heterocycles. The summed E-state index contributed by atoms with van der Waals surface area (Å²) in [4.78, 5) is 43.1.